The van der Waals surface area contributed by atoms with Crippen LogP contribution in [0.3, 0.4) is 0 Å². The second-order valence-electron chi connectivity index (χ2n) is 6.60. The summed E-state index contributed by atoms with van der Waals surface area (Å²) in [4.78, 5) is 24.1. The predicted octanol–water partition coefficient (Wildman–Crippen LogP) is 3.91. The SMILES string of the molecule is CO[C@@H](/C=C/C(=O)NO)[C@@H](OC(=O)Nc1cccc2ccccc12)c1ccc(O)cc1. The topological polar surface area (TPSA) is 117 Å². The summed E-state index contributed by atoms with van der Waals surface area (Å²) in [6.07, 6.45) is -0.0955. The quantitative estimate of drug-likeness (QED) is 0.261. The molecule has 0 aromatic heterocycles. The lowest BCUT2D eigenvalue weighted by Gasteiger charge is -2.24. The maximum atomic E-state index is 12.7. The van der Waals surface area contributed by atoms with Gasteiger partial charge in [0.1, 0.15) is 11.9 Å². The number of anilines is 1. The van der Waals surface area contributed by atoms with Crippen molar-refractivity contribution in [3.63, 3.8) is 0 Å². The normalized spacial score (nSPS) is 13.0. The van der Waals surface area contributed by atoms with Crippen LogP contribution < -0.4 is 10.8 Å². The highest BCUT2D eigenvalue weighted by Crippen LogP contribution is 2.28. The van der Waals surface area contributed by atoms with Crippen molar-refractivity contribution < 1.29 is 29.4 Å². The lowest BCUT2D eigenvalue weighted by atomic mass is 10.0. The molecule has 0 fully saturated rings. The summed E-state index contributed by atoms with van der Waals surface area (Å²) in [7, 11) is 1.39. The van der Waals surface area contributed by atoms with E-state index in [1.165, 1.54) is 30.8 Å². The van der Waals surface area contributed by atoms with E-state index >= 15 is 0 Å². The molecule has 2 atom stereocenters. The lowest BCUT2D eigenvalue weighted by molar-refractivity contribution is -0.124. The van der Waals surface area contributed by atoms with Crippen LogP contribution in [0.4, 0.5) is 10.5 Å². The summed E-state index contributed by atoms with van der Waals surface area (Å²) >= 11 is 0. The number of aromatic hydroxyl groups is 1. The Morgan fingerprint density at radius 3 is 2.42 bits per heavy atom. The Kier molecular flexibility index (Phi) is 7.21. The van der Waals surface area contributed by atoms with E-state index in [1.54, 1.807) is 18.2 Å². The van der Waals surface area contributed by atoms with Crippen molar-refractivity contribution in [1.29, 1.82) is 0 Å². The molecule has 0 spiro atoms. The first-order chi connectivity index (χ1) is 15.0. The van der Waals surface area contributed by atoms with Crippen LogP contribution in [-0.4, -0.2) is 35.5 Å². The minimum Gasteiger partial charge on any atom is -0.508 e. The minimum absolute atomic E-state index is 0.0480. The molecule has 0 bridgehead atoms. The van der Waals surface area contributed by atoms with Crippen LogP contribution in [0, 0.1) is 0 Å². The maximum Gasteiger partial charge on any atom is 0.412 e. The molecule has 0 unspecified atom stereocenters. The molecule has 3 rings (SSSR count). The van der Waals surface area contributed by atoms with Crippen molar-refractivity contribution in [2.45, 2.75) is 12.2 Å². The van der Waals surface area contributed by atoms with E-state index in [4.69, 9.17) is 14.7 Å². The van der Waals surface area contributed by atoms with Crippen LogP contribution >= 0.6 is 0 Å². The molecule has 0 radical (unpaired) electrons. The van der Waals surface area contributed by atoms with Crippen molar-refractivity contribution >= 4 is 28.5 Å². The first-order valence-corrected chi connectivity index (χ1v) is 9.41. The van der Waals surface area contributed by atoms with Crippen LogP contribution in [0.15, 0.2) is 78.9 Å². The second kappa shape index (κ2) is 10.2. The van der Waals surface area contributed by atoms with Gasteiger partial charge in [0.15, 0.2) is 6.10 Å². The first kappa shape index (κ1) is 21.8. The molecule has 8 nitrogen and oxygen atoms in total. The van der Waals surface area contributed by atoms with Gasteiger partial charge in [0.25, 0.3) is 5.91 Å². The van der Waals surface area contributed by atoms with Crippen LogP contribution in [-0.2, 0) is 14.3 Å². The summed E-state index contributed by atoms with van der Waals surface area (Å²) in [5.41, 5.74) is 2.60. The summed E-state index contributed by atoms with van der Waals surface area (Å²) in [6, 6.07) is 19.2. The molecule has 160 valence electrons. The van der Waals surface area contributed by atoms with Gasteiger partial charge in [0, 0.05) is 18.6 Å². The molecule has 0 saturated carbocycles. The van der Waals surface area contributed by atoms with Gasteiger partial charge in [-0.3, -0.25) is 15.3 Å². The maximum absolute atomic E-state index is 12.7. The first-order valence-electron chi connectivity index (χ1n) is 9.41. The number of methoxy groups -OCH3 is 1. The summed E-state index contributed by atoms with van der Waals surface area (Å²) < 4.78 is 11.0. The molecular weight excluding hydrogens is 400 g/mol. The molecule has 0 aliphatic carbocycles. The van der Waals surface area contributed by atoms with E-state index in [2.05, 4.69) is 5.32 Å². The third-order valence-electron chi connectivity index (χ3n) is 4.60. The Labute approximate surface area is 178 Å². The highest BCUT2D eigenvalue weighted by atomic mass is 16.6. The smallest absolute Gasteiger partial charge is 0.412 e. The molecule has 3 aromatic rings. The Morgan fingerprint density at radius 1 is 1.00 bits per heavy atom. The summed E-state index contributed by atoms with van der Waals surface area (Å²) in [5, 5.41) is 22.8. The number of carbonyl (C=O) groups excluding carboxylic acids is 2. The van der Waals surface area contributed by atoms with Gasteiger partial charge in [0.2, 0.25) is 0 Å². The van der Waals surface area contributed by atoms with E-state index in [0.29, 0.717) is 11.3 Å². The van der Waals surface area contributed by atoms with Gasteiger partial charge in [-0.25, -0.2) is 10.3 Å². The average molecular weight is 422 g/mol. The molecule has 0 aliphatic heterocycles. The predicted molar refractivity (Wildman–Crippen MR) is 115 cm³/mol. The van der Waals surface area contributed by atoms with Crippen molar-refractivity contribution in [3.05, 3.63) is 84.4 Å². The number of amides is 2. The molecule has 0 heterocycles. The van der Waals surface area contributed by atoms with Crippen LogP contribution in [0.25, 0.3) is 10.8 Å². The number of ether oxygens (including phenoxy) is 2. The Hall–Kier alpha value is -3.88. The lowest BCUT2D eigenvalue weighted by Crippen LogP contribution is -2.27. The monoisotopic (exact) mass is 422 g/mol. The number of carbonyl (C=O) groups is 2. The van der Waals surface area contributed by atoms with Gasteiger partial charge in [-0.2, -0.15) is 0 Å². The fraction of sp³-hybridized carbons (Fsp3) is 0.130. The highest BCUT2D eigenvalue weighted by Gasteiger charge is 2.26. The number of hydrogen-bond acceptors (Lipinski definition) is 6. The number of hydrogen-bond donors (Lipinski definition) is 4. The Morgan fingerprint density at radius 2 is 1.71 bits per heavy atom. The van der Waals surface area contributed by atoms with Crippen molar-refractivity contribution in [2.75, 3.05) is 12.4 Å². The number of fused-ring (bicyclic) bond motifs is 1. The zero-order chi connectivity index (χ0) is 22.2. The van der Waals surface area contributed by atoms with Gasteiger partial charge in [0.05, 0.1) is 5.69 Å². The molecule has 2 amide bonds. The molecule has 8 heteroatoms. The average Bonchev–Trinajstić information content (AvgIpc) is 2.79. The third-order valence-corrected chi connectivity index (χ3v) is 4.60. The van der Waals surface area contributed by atoms with E-state index in [9.17, 15) is 14.7 Å². The van der Waals surface area contributed by atoms with Gasteiger partial charge >= 0.3 is 6.09 Å². The van der Waals surface area contributed by atoms with Crippen molar-refractivity contribution in [3.8, 4) is 5.75 Å². The summed E-state index contributed by atoms with van der Waals surface area (Å²) in [5.74, 6) is -0.710. The number of phenols is 1. The minimum atomic E-state index is -0.941. The second-order valence-corrected chi connectivity index (χ2v) is 6.60. The van der Waals surface area contributed by atoms with Crippen molar-refractivity contribution in [1.82, 2.24) is 5.48 Å². The largest absolute Gasteiger partial charge is 0.508 e. The van der Waals surface area contributed by atoms with Gasteiger partial charge in [-0.05, 0) is 35.2 Å². The van der Waals surface area contributed by atoms with E-state index in [0.717, 1.165) is 16.8 Å². The van der Waals surface area contributed by atoms with Crippen LogP contribution in [0.5, 0.6) is 5.75 Å². The fourth-order valence-electron chi connectivity index (χ4n) is 3.10. The number of nitrogens with one attached hydrogen (secondary N) is 2. The van der Waals surface area contributed by atoms with Crippen LogP contribution in [0.2, 0.25) is 0 Å². The molecule has 4 N–H and O–H groups in total. The standard InChI is InChI=1S/C23H22N2O6/c1-30-20(13-14-21(27)25-29)22(16-9-11-17(26)12-10-16)31-23(28)24-19-8-4-6-15-5-2-3-7-18(15)19/h2-14,20,22,26,29H,1H3,(H,24,28)(H,25,27)/b14-13+/t20-,22-/m0/s1. The molecule has 31 heavy (non-hydrogen) atoms. The van der Waals surface area contributed by atoms with Crippen LogP contribution in [0.1, 0.15) is 11.7 Å². The third kappa shape index (κ3) is 5.59. The fourth-order valence-corrected chi connectivity index (χ4v) is 3.10. The van der Waals surface area contributed by atoms with E-state index in [1.807, 2.05) is 36.4 Å². The van der Waals surface area contributed by atoms with Gasteiger partial charge in [-0.15, -0.1) is 0 Å². The van der Waals surface area contributed by atoms with Gasteiger partial charge in [-0.1, -0.05) is 48.5 Å². The van der Waals surface area contributed by atoms with E-state index < -0.39 is 24.2 Å². The van der Waals surface area contributed by atoms with Gasteiger partial charge < -0.3 is 14.6 Å². The Balaban J connectivity index is 1.86. The molecule has 0 saturated heterocycles. The summed E-state index contributed by atoms with van der Waals surface area (Å²) in [6.45, 7) is 0. The molecular formula is C23H22N2O6. The van der Waals surface area contributed by atoms with E-state index in [-0.39, 0.29) is 5.75 Å². The zero-order valence-electron chi connectivity index (χ0n) is 16.7. The number of benzene rings is 3. The number of phenolic OH excluding ortho intramolecular Hbond substituents is 1. The highest BCUT2D eigenvalue weighted by molar-refractivity contribution is 6.00. The zero-order valence-corrected chi connectivity index (χ0v) is 16.7. The Bertz CT molecular complexity index is 1080. The molecule has 0 aliphatic rings. The molecule has 3 aromatic carbocycles. The van der Waals surface area contributed by atoms with Crippen molar-refractivity contribution in [2.24, 2.45) is 0 Å². The number of hydroxylamine groups is 1. The number of rotatable bonds is 7.